The van der Waals surface area contributed by atoms with Crippen LogP contribution < -0.4 is 15.5 Å². The molecule has 0 saturated carbocycles. The molecule has 4 aromatic rings. The minimum atomic E-state index is -0.461. The minimum absolute atomic E-state index is 0.0466. The van der Waals surface area contributed by atoms with Gasteiger partial charge in [0.25, 0.3) is 11.6 Å². The number of carbonyl (C=O) groups excluding carboxylic acids is 1. The van der Waals surface area contributed by atoms with E-state index in [9.17, 15) is 14.9 Å². The number of hydrogen-bond acceptors (Lipinski definition) is 6. The van der Waals surface area contributed by atoms with Crippen LogP contribution in [0.1, 0.15) is 17.0 Å². The maximum atomic E-state index is 12.3. The van der Waals surface area contributed by atoms with Gasteiger partial charge in [0.2, 0.25) is 0 Å². The van der Waals surface area contributed by atoms with Gasteiger partial charge >= 0.3 is 0 Å². The van der Waals surface area contributed by atoms with Gasteiger partial charge in [0.1, 0.15) is 5.75 Å². The van der Waals surface area contributed by atoms with Crippen molar-refractivity contribution in [3.05, 3.63) is 93.8 Å². The predicted molar refractivity (Wildman–Crippen MR) is 137 cm³/mol. The van der Waals surface area contributed by atoms with Crippen LogP contribution in [0.25, 0.3) is 16.5 Å². The number of ether oxygens (including phenoxy) is 1. The summed E-state index contributed by atoms with van der Waals surface area (Å²) in [5.41, 5.74) is 6.59. The van der Waals surface area contributed by atoms with Crippen molar-refractivity contribution in [2.45, 2.75) is 13.8 Å². The van der Waals surface area contributed by atoms with Gasteiger partial charge in [0, 0.05) is 34.1 Å². The molecule has 0 spiro atoms. The van der Waals surface area contributed by atoms with Crippen LogP contribution in [0.2, 0.25) is 0 Å². The van der Waals surface area contributed by atoms with Crippen molar-refractivity contribution in [2.75, 3.05) is 19.0 Å². The molecular weight excluding hydrogens is 446 g/mol. The molecule has 178 valence electrons. The normalized spacial score (nSPS) is 11.1. The van der Waals surface area contributed by atoms with Gasteiger partial charge in [-0.1, -0.05) is 36.4 Å². The molecule has 1 aromatic heterocycles. The van der Waals surface area contributed by atoms with E-state index in [0.717, 1.165) is 33.4 Å². The van der Waals surface area contributed by atoms with Gasteiger partial charge in [-0.25, -0.2) is 5.43 Å². The van der Waals surface area contributed by atoms with E-state index in [-0.39, 0.29) is 18.1 Å². The Morgan fingerprint density at radius 1 is 1.11 bits per heavy atom. The second kappa shape index (κ2) is 10.1. The van der Waals surface area contributed by atoms with E-state index in [1.807, 2.05) is 66.9 Å². The summed E-state index contributed by atoms with van der Waals surface area (Å²) in [6.45, 7) is 3.89. The average Bonchev–Trinajstić information content (AvgIpc) is 3.14. The third-order valence-corrected chi connectivity index (χ3v) is 5.71. The van der Waals surface area contributed by atoms with Crippen molar-refractivity contribution in [1.82, 2.24) is 9.99 Å². The number of nitrogens with one attached hydrogen (secondary N) is 2. The third kappa shape index (κ3) is 4.98. The first kappa shape index (κ1) is 23.5. The molecule has 0 aliphatic carbocycles. The van der Waals surface area contributed by atoms with Gasteiger partial charge < -0.3 is 14.6 Å². The number of carbonyl (C=O) groups is 1. The third-order valence-electron chi connectivity index (χ3n) is 5.71. The van der Waals surface area contributed by atoms with Gasteiger partial charge in [-0.05, 0) is 37.4 Å². The summed E-state index contributed by atoms with van der Waals surface area (Å²) in [5.74, 6) is 0.109. The fourth-order valence-corrected chi connectivity index (χ4v) is 4.02. The van der Waals surface area contributed by atoms with Crippen molar-refractivity contribution in [1.29, 1.82) is 0 Å². The monoisotopic (exact) mass is 471 g/mol. The molecule has 0 aliphatic heterocycles. The number of non-ortho nitro benzene ring substituents is 1. The van der Waals surface area contributed by atoms with Crippen molar-refractivity contribution >= 4 is 34.3 Å². The Balaban J connectivity index is 1.45. The molecular formula is C26H25N5O4. The predicted octanol–water partition coefficient (Wildman–Crippen LogP) is 4.73. The second-order valence-corrected chi connectivity index (χ2v) is 7.95. The van der Waals surface area contributed by atoms with E-state index in [1.165, 1.54) is 19.2 Å². The number of benzene rings is 3. The van der Waals surface area contributed by atoms with Crippen molar-refractivity contribution < 1.29 is 14.5 Å². The Kier molecular flexibility index (Phi) is 6.77. The van der Waals surface area contributed by atoms with Gasteiger partial charge in [0.15, 0.2) is 0 Å². The van der Waals surface area contributed by atoms with Gasteiger partial charge in [-0.2, -0.15) is 5.10 Å². The minimum Gasteiger partial charge on any atom is -0.494 e. The number of hydrogen-bond donors (Lipinski definition) is 2. The summed E-state index contributed by atoms with van der Waals surface area (Å²) >= 11 is 0. The molecule has 0 saturated heterocycles. The summed E-state index contributed by atoms with van der Waals surface area (Å²) in [5, 5.41) is 20.5. The fourth-order valence-electron chi connectivity index (χ4n) is 4.02. The highest BCUT2D eigenvalue weighted by molar-refractivity contribution is 5.95. The Labute approximate surface area is 202 Å². The zero-order valence-corrected chi connectivity index (χ0v) is 19.6. The number of rotatable bonds is 8. The topological polar surface area (TPSA) is 111 Å². The van der Waals surface area contributed by atoms with E-state index in [4.69, 9.17) is 4.74 Å². The number of aromatic nitrogens is 1. The zero-order valence-electron chi connectivity index (χ0n) is 19.6. The summed E-state index contributed by atoms with van der Waals surface area (Å²) in [4.78, 5) is 23.0. The number of fused-ring (bicyclic) bond motifs is 1. The number of nitro benzene ring substituents is 1. The summed E-state index contributed by atoms with van der Waals surface area (Å²) < 4.78 is 7.31. The van der Waals surface area contributed by atoms with Gasteiger partial charge in [0.05, 0.1) is 36.5 Å². The van der Waals surface area contributed by atoms with Crippen LogP contribution in [0.15, 0.2) is 71.8 Å². The molecule has 2 N–H and O–H groups in total. The van der Waals surface area contributed by atoms with E-state index in [1.54, 1.807) is 12.3 Å². The number of methoxy groups -OCH3 is 1. The number of nitrogens with zero attached hydrogens (tertiary/aromatic N) is 3. The molecule has 9 nitrogen and oxygen atoms in total. The molecule has 3 aromatic carbocycles. The molecule has 9 heteroatoms. The molecule has 0 unspecified atom stereocenters. The van der Waals surface area contributed by atoms with Crippen LogP contribution in [-0.4, -0.2) is 35.3 Å². The highest BCUT2D eigenvalue weighted by Gasteiger charge is 2.17. The smallest absolute Gasteiger partial charge is 0.273 e. The van der Waals surface area contributed by atoms with Crippen LogP contribution in [-0.2, 0) is 4.79 Å². The van der Waals surface area contributed by atoms with Crippen LogP contribution in [0, 0.1) is 24.0 Å². The largest absolute Gasteiger partial charge is 0.494 e. The van der Waals surface area contributed by atoms with Crippen LogP contribution in [0.4, 0.5) is 11.4 Å². The SMILES string of the molecule is COc1cc([N+](=O)[O-])ccc1-n1c(C)cc(/C=N\NC(=O)CNc2cccc3ccccc23)c1C. The Morgan fingerprint density at radius 2 is 1.89 bits per heavy atom. The highest BCUT2D eigenvalue weighted by atomic mass is 16.6. The second-order valence-electron chi connectivity index (χ2n) is 7.95. The molecule has 0 atom stereocenters. The lowest BCUT2D eigenvalue weighted by atomic mass is 10.1. The average molecular weight is 472 g/mol. The number of aryl methyl sites for hydroxylation is 1. The maximum absolute atomic E-state index is 12.3. The van der Waals surface area contributed by atoms with Crippen LogP contribution in [0.3, 0.4) is 0 Å². The number of hydrazone groups is 1. The van der Waals surface area contributed by atoms with E-state index in [2.05, 4.69) is 15.8 Å². The summed E-state index contributed by atoms with van der Waals surface area (Å²) in [6, 6.07) is 20.3. The Hall–Kier alpha value is -4.66. The molecule has 0 aliphatic rings. The van der Waals surface area contributed by atoms with E-state index < -0.39 is 4.92 Å². The number of amides is 1. The molecule has 1 heterocycles. The first-order chi connectivity index (χ1) is 16.9. The molecule has 0 fully saturated rings. The maximum Gasteiger partial charge on any atom is 0.273 e. The molecule has 4 rings (SSSR count). The van der Waals surface area contributed by atoms with Crippen molar-refractivity contribution in [2.24, 2.45) is 5.10 Å². The lowest BCUT2D eigenvalue weighted by Gasteiger charge is -2.13. The first-order valence-electron chi connectivity index (χ1n) is 10.9. The van der Waals surface area contributed by atoms with Crippen LogP contribution in [0.5, 0.6) is 5.75 Å². The molecule has 0 bridgehead atoms. The Morgan fingerprint density at radius 3 is 2.66 bits per heavy atom. The highest BCUT2D eigenvalue weighted by Crippen LogP contribution is 2.31. The van der Waals surface area contributed by atoms with E-state index in [0.29, 0.717) is 11.4 Å². The first-order valence-corrected chi connectivity index (χ1v) is 10.9. The summed E-state index contributed by atoms with van der Waals surface area (Å²) in [6.07, 6.45) is 1.58. The number of anilines is 1. The number of nitro groups is 1. The standard InChI is InChI=1S/C26H25N5O4/c1-17-13-20(18(2)30(17)24-12-11-21(31(33)34)14-25(24)35-3)15-28-29-26(32)16-27-23-10-6-8-19-7-4-5-9-22(19)23/h4-15,27H,16H2,1-3H3,(H,29,32)/b28-15-. The fraction of sp³-hybridized carbons (Fsp3) is 0.154. The Bertz CT molecular complexity index is 1440. The summed E-state index contributed by atoms with van der Waals surface area (Å²) in [7, 11) is 1.47. The molecule has 1 amide bonds. The lowest BCUT2D eigenvalue weighted by Crippen LogP contribution is -2.25. The lowest BCUT2D eigenvalue weighted by molar-refractivity contribution is -0.384. The molecule has 35 heavy (non-hydrogen) atoms. The molecule has 0 radical (unpaired) electrons. The zero-order chi connectivity index (χ0) is 24.9. The quantitative estimate of drug-likeness (QED) is 0.219. The van der Waals surface area contributed by atoms with Crippen LogP contribution >= 0.6 is 0 Å². The van der Waals surface area contributed by atoms with Gasteiger partial charge in [-0.15, -0.1) is 0 Å². The van der Waals surface area contributed by atoms with Crippen molar-refractivity contribution in [3.63, 3.8) is 0 Å². The van der Waals surface area contributed by atoms with Gasteiger partial charge in [-0.3, -0.25) is 14.9 Å². The van der Waals surface area contributed by atoms with E-state index >= 15 is 0 Å². The van der Waals surface area contributed by atoms with Crippen molar-refractivity contribution in [3.8, 4) is 11.4 Å².